The van der Waals surface area contributed by atoms with E-state index in [4.69, 9.17) is 5.73 Å². The van der Waals surface area contributed by atoms with Gasteiger partial charge in [0.1, 0.15) is 0 Å². The maximum absolute atomic E-state index is 13.5. The van der Waals surface area contributed by atoms with Gasteiger partial charge in [-0.2, -0.15) is 0 Å². The van der Waals surface area contributed by atoms with E-state index < -0.39 is 11.8 Å². The van der Waals surface area contributed by atoms with Gasteiger partial charge in [0.2, 0.25) is 5.91 Å². The Kier molecular flexibility index (Phi) is 10.4. The SMILES string of the molecule is CCCCC(C(=O)CNC(=O)c1ccccc1)c1cccc(C(N)=O)c1C=Cc1ccc(CN2CCCC2)cc1. The molecule has 3 aromatic carbocycles. The third kappa shape index (κ3) is 7.76. The predicted octanol–water partition coefficient (Wildman–Crippen LogP) is 5.82. The molecule has 0 aliphatic carbocycles. The Morgan fingerprint density at radius 1 is 0.925 bits per heavy atom. The molecule has 40 heavy (non-hydrogen) atoms. The van der Waals surface area contributed by atoms with E-state index in [1.54, 1.807) is 36.4 Å². The van der Waals surface area contributed by atoms with Crippen LogP contribution < -0.4 is 11.1 Å². The number of rotatable bonds is 13. The summed E-state index contributed by atoms with van der Waals surface area (Å²) in [6, 6.07) is 22.6. The number of nitrogens with two attached hydrogens (primary N) is 1. The number of carbonyl (C=O) groups is 3. The van der Waals surface area contributed by atoms with Crippen molar-refractivity contribution in [2.24, 2.45) is 5.73 Å². The van der Waals surface area contributed by atoms with E-state index in [2.05, 4.69) is 41.4 Å². The van der Waals surface area contributed by atoms with Crippen molar-refractivity contribution in [1.82, 2.24) is 10.2 Å². The summed E-state index contributed by atoms with van der Waals surface area (Å²) in [5.74, 6) is -1.40. The molecule has 2 amide bonds. The molecule has 0 bridgehead atoms. The molecule has 0 radical (unpaired) electrons. The number of benzene rings is 3. The van der Waals surface area contributed by atoms with Gasteiger partial charge in [-0.1, -0.05) is 86.5 Å². The van der Waals surface area contributed by atoms with E-state index in [0.717, 1.165) is 43.6 Å². The first-order chi connectivity index (χ1) is 19.5. The smallest absolute Gasteiger partial charge is 0.251 e. The van der Waals surface area contributed by atoms with Crippen LogP contribution in [0.2, 0.25) is 0 Å². The number of carbonyl (C=O) groups excluding carboxylic acids is 3. The van der Waals surface area contributed by atoms with Crippen LogP contribution >= 0.6 is 0 Å². The molecule has 1 heterocycles. The van der Waals surface area contributed by atoms with Gasteiger partial charge in [-0.3, -0.25) is 19.3 Å². The monoisotopic (exact) mass is 537 g/mol. The van der Waals surface area contributed by atoms with Crippen molar-refractivity contribution in [3.63, 3.8) is 0 Å². The molecule has 1 atom stereocenters. The number of amides is 2. The van der Waals surface area contributed by atoms with Gasteiger partial charge >= 0.3 is 0 Å². The minimum Gasteiger partial charge on any atom is -0.366 e. The lowest BCUT2D eigenvalue weighted by molar-refractivity contribution is -0.119. The topological polar surface area (TPSA) is 92.5 Å². The number of primary amides is 1. The fourth-order valence-corrected chi connectivity index (χ4v) is 5.28. The molecule has 1 aliphatic rings. The third-order valence-corrected chi connectivity index (χ3v) is 7.50. The second-order valence-electron chi connectivity index (χ2n) is 10.4. The van der Waals surface area contributed by atoms with E-state index in [0.29, 0.717) is 23.1 Å². The van der Waals surface area contributed by atoms with Crippen molar-refractivity contribution in [3.05, 3.63) is 106 Å². The third-order valence-electron chi connectivity index (χ3n) is 7.50. The van der Waals surface area contributed by atoms with Crippen molar-refractivity contribution in [2.45, 2.75) is 51.5 Å². The van der Waals surface area contributed by atoms with Crippen LogP contribution in [0.4, 0.5) is 0 Å². The first kappa shape index (κ1) is 29.0. The first-order valence-electron chi connectivity index (χ1n) is 14.2. The van der Waals surface area contributed by atoms with Gasteiger partial charge in [-0.05, 0) is 72.8 Å². The van der Waals surface area contributed by atoms with Crippen LogP contribution in [0.3, 0.4) is 0 Å². The second-order valence-corrected chi connectivity index (χ2v) is 10.4. The summed E-state index contributed by atoms with van der Waals surface area (Å²) in [7, 11) is 0. The van der Waals surface area contributed by atoms with Gasteiger partial charge in [0.05, 0.1) is 6.54 Å². The van der Waals surface area contributed by atoms with Gasteiger partial charge in [0.15, 0.2) is 5.78 Å². The maximum Gasteiger partial charge on any atom is 0.251 e. The number of nitrogens with one attached hydrogen (secondary N) is 1. The molecule has 1 aliphatic heterocycles. The van der Waals surface area contributed by atoms with Gasteiger partial charge in [0, 0.05) is 23.6 Å². The number of Topliss-reactive ketones (excluding diaryl/α,β-unsaturated/α-hetero) is 1. The fraction of sp³-hybridized carbons (Fsp3) is 0.324. The lowest BCUT2D eigenvalue weighted by Gasteiger charge is -2.20. The molecule has 0 saturated carbocycles. The van der Waals surface area contributed by atoms with Crippen molar-refractivity contribution in [1.29, 1.82) is 0 Å². The van der Waals surface area contributed by atoms with Crippen LogP contribution in [0.15, 0.2) is 72.8 Å². The summed E-state index contributed by atoms with van der Waals surface area (Å²) in [6.45, 7) is 5.25. The summed E-state index contributed by atoms with van der Waals surface area (Å²) < 4.78 is 0. The van der Waals surface area contributed by atoms with Crippen LogP contribution in [0.5, 0.6) is 0 Å². The molecule has 6 heteroatoms. The van der Waals surface area contributed by atoms with Crippen LogP contribution in [0, 0.1) is 0 Å². The molecule has 0 aromatic heterocycles. The zero-order valence-electron chi connectivity index (χ0n) is 23.3. The van der Waals surface area contributed by atoms with Gasteiger partial charge in [0.25, 0.3) is 5.91 Å². The predicted molar refractivity (Wildman–Crippen MR) is 161 cm³/mol. The summed E-state index contributed by atoms with van der Waals surface area (Å²) >= 11 is 0. The zero-order chi connectivity index (χ0) is 28.3. The van der Waals surface area contributed by atoms with E-state index in [-0.39, 0.29) is 18.2 Å². The maximum atomic E-state index is 13.5. The van der Waals surface area contributed by atoms with Crippen LogP contribution in [0.1, 0.15) is 87.9 Å². The van der Waals surface area contributed by atoms with Gasteiger partial charge < -0.3 is 11.1 Å². The molecule has 6 nitrogen and oxygen atoms in total. The summed E-state index contributed by atoms with van der Waals surface area (Å²) in [5.41, 5.74) is 10.3. The lowest BCUT2D eigenvalue weighted by Crippen LogP contribution is -2.32. The highest BCUT2D eigenvalue weighted by Gasteiger charge is 2.25. The van der Waals surface area contributed by atoms with Gasteiger partial charge in [-0.25, -0.2) is 0 Å². The minimum atomic E-state index is -0.540. The quantitative estimate of drug-likeness (QED) is 0.269. The number of ketones is 1. The minimum absolute atomic E-state index is 0.0927. The number of hydrogen-bond donors (Lipinski definition) is 2. The number of unbranched alkanes of at least 4 members (excludes halogenated alkanes) is 1. The number of hydrogen-bond acceptors (Lipinski definition) is 4. The number of nitrogens with zero attached hydrogens (tertiary/aromatic N) is 1. The molecule has 1 saturated heterocycles. The largest absolute Gasteiger partial charge is 0.366 e. The van der Waals surface area contributed by atoms with Crippen LogP contribution in [0.25, 0.3) is 12.2 Å². The second kappa shape index (κ2) is 14.4. The van der Waals surface area contributed by atoms with Crippen molar-refractivity contribution >= 4 is 29.7 Å². The highest BCUT2D eigenvalue weighted by molar-refractivity contribution is 6.01. The average molecular weight is 538 g/mol. The Morgan fingerprint density at radius 2 is 1.65 bits per heavy atom. The fourth-order valence-electron chi connectivity index (χ4n) is 5.28. The van der Waals surface area contributed by atoms with E-state index >= 15 is 0 Å². The standard InChI is InChI=1S/C34H39N3O3/c1-2-3-12-30(32(38)23-36-34(40)27-10-5-4-6-11-27)28-13-9-14-31(33(35)39)29(28)20-19-25-15-17-26(18-16-25)24-37-21-7-8-22-37/h4-6,9-11,13-20,30H,2-3,7-8,12,21-24H2,1H3,(H2,35,39)(H,36,40). The molecule has 3 aromatic rings. The molecule has 3 N–H and O–H groups in total. The first-order valence-corrected chi connectivity index (χ1v) is 14.2. The zero-order valence-corrected chi connectivity index (χ0v) is 23.3. The molecule has 1 fully saturated rings. The Balaban J connectivity index is 1.56. The summed E-state index contributed by atoms with van der Waals surface area (Å²) in [4.78, 5) is 41.0. The van der Waals surface area contributed by atoms with Gasteiger partial charge in [-0.15, -0.1) is 0 Å². The summed E-state index contributed by atoms with van der Waals surface area (Å²) in [5, 5.41) is 2.77. The van der Waals surface area contributed by atoms with Crippen molar-refractivity contribution < 1.29 is 14.4 Å². The Hall–Kier alpha value is -4.03. The average Bonchev–Trinajstić information content (AvgIpc) is 3.49. The van der Waals surface area contributed by atoms with Crippen molar-refractivity contribution in [3.8, 4) is 0 Å². The van der Waals surface area contributed by atoms with Crippen LogP contribution in [-0.2, 0) is 11.3 Å². The van der Waals surface area contributed by atoms with E-state index in [1.807, 2.05) is 24.3 Å². The van der Waals surface area contributed by atoms with E-state index in [9.17, 15) is 14.4 Å². The number of likely N-dealkylation sites (tertiary alicyclic amines) is 1. The molecular formula is C34H39N3O3. The lowest BCUT2D eigenvalue weighted by atomic mass is 9.84. The molecular weight excluding hydrogens is 498 g/mol. The van der Waals surface area contributed by atoms with Crippen molar-refractivity contribution in [2.75, 3.05) is 19.6 Å². The summed E-state index contributed by atoms with van der Waals surface area (Å²) in [6.07, 6.45) is 8.76. The highest BCUT2D eigenvalue weighted by Crippen LogP contribution is 2.30. The Labute approximate surface area is 237 Å². The molecule has 0 spiro atoms. The normalized spacial score (nSPS) is 14.3. The molecule has 4 rings (SSSR count). The molecule has 1 unspecified atom stereocenters. The highest BCUT2D eigenvalue weighted by atomic mass is 16.2. The van der Waals surface area contributed by atoms with E-state index in [1.165, 1.54) is 18.4 Å². The van der Waals surface area contributed by atoms with Crippen LogP contribution in [-0.4, -0.2) is 42.1 Å². The molecule has 208 valence electrons. The Morgan fingerprint density at radius 3 is 2.33 bits per heavy atom. The Bertz CT molecular complexity index is 1330.